The van der Waals surface area contributed by atoms with Crippen LogP contribution in [0.25, 0.3) is 15.5 Å². The maximum absolute atomic E-state index is 13.0. The van der Waals surface area contributed by atoms with Crippen molar-refractivity contribution in [3.8, 4) is 5.13 Å². The van der Waals surface area contributed by atoms with E-state index in [4.69, 9.17) is 12.2 Å². The molecule has 0 aromatic carbocycles. The Morgan fingerprint density at radius 1 is 1.34 bits per heavy atom. The number of hydrogen-bond acceptors (Lipinski definition) is 7. The summed E-state index contributed by atoms with van der Waals surface area (Å²) in [6.45, 7) is 7.92. The van der Waals surface area contributed by atoms with Gasteiger partial charge in [-0.25, -0.2) is 9.97 Å². The maximum Gasteiger partial charge on any atom is 0.273 e. The molecule has 4 rings (SSSR count). The van der Waals surface area contributed by atoms with Gasteiger partial charge in [0, 0.05) is 35.1 Å². The van der Waals surface area contributed by atoms with E-state index >= 15 is 0 Å². The molecule has 0 bridgehead atoms. The van der Waals surface area contributed by atoms with Crippen LogP contribution in [-0.4, -0.2) is 29.5 Å². The van der Waals surface area contributed by atoms with Crippen LogP contribution >= 0.6 is 34.9 Å². The molecule has 0 N–H and O–H groups in total. The highest BCUT2D eigenvalue weighted by Gasteiger charge is 2.19. The van der Waals surface area contributed by atoms with E-state index in [-0.39, 0.29) is 17.9 Å². The van der Waals surface area contributed by atoms with Crippen molar-refractivity contribution < 1.29 is 4.79 Å². The second-order valence-corrected chi connectivity index (χ2v) is 8.97. The van der Waals surface area contributed by atoms with Gasteiger partial charge in [0.25, 0.3) is 5.56 Å². The standard InChI is InChI=1S/C19H17N5O2S3/c1-4-6-23-16-15(29-19(23)27)17(26)22(10-21-16)9-14(25)13-8-11(2)24(12(13)3)18-20-5-7-28-18/h4-5,7-8,10H,1,6,9H2,2-3H3. The van der Waals surface area contributed by atoms with Crippen molar-refractivity contribution in [2.75, 3.05) is 0 Å². The third kappa shape index (κ3) is 3.33. The highest BCUT2D eigenvalue weighted by Crippen LogP contribution is 2.23. The fourth-order valence-electron chi connectivity index (χ4n) is 3.28. The molecule has 0 spiro atoms. The number of nitrogens with zero attached hydrogens (tertiary/aromatic N) is 5. The zero-order valence-electron chi connectivity index (χ0n) is 15.8. The first kappa shape index (κ1) is 19.6. The maximum atomic E-state index is 13.0. The van der Waals surface area contributed by atoms with Crippen molar-refractivity contribution >= 4 is 51.0 Å². The van der Waals surface area contributed by atoms with Gasteiger partial charge in [-0.2, -0.15) is 0 Å². The average Bonchev–Trinajstić information content (AvgIpc) is 3.38. The van der Waals surface area contributed by atoms with Crippen molar-refractivity contribution in [2.24, 2.45) is 0 Å². The summed E-state index contributed by atoms with van der Waals surface area (Å²) >= 11 is 8.03. The number of fused-ring (bicyclic) bond motifs is 1. The molecular formula is C19H17N5O2S3. The fourth-order valence-corrected chi connectivity index (χ4v) is 5.35. The van der Waals surface area contributed by atoms with Gasteiger partial charge in [0.05, 0.1) is 6.54 Å². The van der Waals surface area contributed by atoms with E-state index in [0.29, 0.717) is 26.4 Å². The Morgan fingerprint density at radius 3 is 2.83 bits per heavy atom. The van der Waals surface area contributed by atoms with Crippen molar-refractivity contribution in [3.63, 3.8) is 0 Å². The number of carbonyl (C=O) groups excluding carboxylic acids is 1. The van der Waals surface area contributed by atoms with Crippen LogP contribution in [-0.2, 0) is 13.1 Å². The van der Waals surface area contributed by atoms with E-state index in [1.165, 1.54) is 33.6 Å². The largest absolute Gasteiger partial charge is 0.304 e. The second kappa shape index (κ2) is 7.62. The molecule has 29 heavy (non-hydrogen) atoms. The van der Waals surface area contributed by atoms with Crippen LogP contribution in [0.15, 0.2) is 41.4 Å². The van der Waals surface area contributed by atoms with Crippen molar-refractivity contribution in [3.05, 3.63) is 67.9 Å². The molecule has 0 aliphatic carbocycles. The molecular weight excluding hydrogens is 426 g/mol. The number of ketones is 1. The Labute approximate surface area is 179 Å². The Bertz CT molecular complexity index is 1360. The fraction of sp³-hybridized carbons (Fsp3) is 0.211. The Morgan fingerprint density at radius 2 is 2.14 bits per heavy atom. The number of thiazole rings is 2. The lowest BCUT2D eigenvalue weighted by Gasteiger charge is -2.07. The Balaban J connectivity index is 1.71. The molecule has 0 fully saturated rings. The van der Waals surface area contributed by atoms with Crippen LogP contribution in [0, 0.1) is 17.8 Å². The number of rotatable bonds is 6. The molecule has 0 radical (unpaired) electrons. The topological polar surface area (TPSA) is 74.7 Å². The van der Waals surface area contributed by atoms with Crippen LogP contribution in [0.4, 0.5) is 0 Å². The number of aryl methyl sites for hydroxylation is 1. The first-order valence-corrected chi connectivity index (χ1v) is 10.8. The van der Waals surface area contributed by atoms with E-state index in [9.17, 15) is 9.59 Å². The van der Waals surface area contributed by atoms with Crippen LogP contribution in [0.5, 0.6) is 0 Å². The van der Waals surface area contributed by atoms with Crippen molar-refractivity contribution in [2.45, 2.75) is 26.9 Å². The van der Waals surface area contributed by atoms with Gasteiger partial charge in [-0.3, -0.25) is 18.7 Å². The third-order valence-electron chi connectivity index (χ3n) is 4.61. The van der Waals surface area contributed by atoms with E-state index in [2.05, 4.69) is 16.5 Å². The molecule has 4 aromatic heterocycles. The molecule has 7 nitrogen and oxygen atoms in total. The van der Waals surface area contributed by atoms with Gasteiger partial charge in [-0.1, -0.05) is 17.4 Å². The molecule has 0 saturated heterocycles. The Kier molecular flexibility index (Phi) is 5.15. The van der Waals surface area contributed by atoms with Crippen LogP contribution in [0.3, 0.4) is 0 Å². The smallest absolute Gasteiger partial charge is 0.273 e. The summed E-state index contributed by atoms with van der Waals surface area (Å²) < 4.78 is 6.05. The summed E-state index contributed by atoms with van der Waals surface area (Å²) in [4.78, 5) is 34.6. The van der Waals surface area contributed by atoms with Crippen LogP contribution in [0.1, 0.15) is 21.7 Å². The van der Waals surface area contributed by atoms with Gasteiger partial charge < -0.3 is 4.57 Å². The quantitative estimate of drug-likeness (QED) is 0.256. The van der Waals surface area contributed by atoms with Gasteiger partial charge in [0.1, 0.15) is 11.0 Å². The molecule has 0 aliphatic rings. The van der Waals surface area contributed by atoms with E-state index in [1.807, 2.05) is 29.9 Å². The molecule has 4 heterocycles. The van der Waals surface area contributed by atoms with Crippen molar-refractivity contribution in [1.82, 2.24) is 23.7 Å². The summed E-state index contributed by atoms with van der Waals surface area (Å²) in [5.74, 6) is -0.154. The number of hydrogen-bond donors (Lipinski definition) is 0. The number of carbonyl (C=O) groups is 1. The normalized spacial score (nSPS) is 11.2. The zero-order valence-corrected chi connectivity index (χ0v) is 18.2. The van der Waals surface area contributed by atoms with Crippen molar-refractivity contribution in [1.29, 1.82) is 0 Å². The summed E-state index contributed by atoms with van der Waals surface area (Å²) in [5, 5.41) is 2.70. The van der Waals surface area contributed by atoms with Gasteiger partial charge in [0.15, 0.2) is 20.5 Å². The number of Topliss-reactive ketones (excluding diaryl/α,β-unsaturated/α-hetero) is 1. The summed E-state index contributed by atoms with van der Waals surface area (Å²) in [7, 11) is 0. The minimum atomic E-state index is -0.268. The molecule has 0 saturated carbocycles. The summed E-state index contributed by atoms with van der Waals surface area (Å²) in [6, 6.07) is 1.83. The first-order valence-electron chi connectivity index (χ1n) is 8.74. The monoisotopic (exact) mass is 443 g/mol. The van der Waals surface area contributed by atoms with E-state index < -0.39 is 0 Å². The predicted octanol–water partition coefficient (Wildman–Crippen LogP) is 3.92. The van der Waals surface area contributed by atoms with Gasteiger partial charge in [0.2, 0.25) is 0 Å². The predicted molar refractivity (Wildman–Crippen MR) is 118 cm³/mol. The molecule has 0 amide bonds. The third-order valence-corrected chi connectivity index (χ3v) is 6.79. The first-order chi connectivity index (χ1) is 13.9. The second-order valence-electron chi connectivity index (χ2n) is 6.46. The van der Waals surface area contributed by atoms with Crippen LogP contribution in [0.2, 0.25) is 0 Å². The minimum absolute atomic E-state index is 0.0872. The average molecular weight is 444 g/mol. The van der Waals surface area contributed by atoms with E-state index in [1.54, 1.807) is 16.8 Å². The zero-order chi connectivity index (χ0) is 20.7. The van der Waals surface area contributed by atoms with Crippen LogP contribution < -0.4 is 5.56 Å². The molecule has 0 aliphatic heterocycles. The lowest BCUT2D eigenvalue weighted by atomic mass is 10.1. The lowest BCUT2D eigenvalue weighted by molar-refractivity contribution is 0.0970. The SMILES string of the molecule is C=CCn1c(=S)sc2c(=O)n(CC(=O)c3cc(C)n(-c4nccs4)c3C)cnc21. The molecule has 4 aromatic rings. The molecule has 0 unspecified atom stereocenters. The molecule has 148 valence electrons. The Hall–Kier alpha value is -2.69. The highest BCUT2D eigenvalue weighted by atomic mass is 32.1. The number of aromatic nitrogens is 5. The van der Waals surface area contributed by atoms with Gasteiger partial charge in [-0.05, 0) is 32.1 Å². The van der Waals surface area contributed by atoms with E-state index in [0.717, 1.165) is 16.5 Å². The minimum Gasteiger partial charge on any atom is -0.304 e. The summed E-state index contributed by atoms with van der Waals surface area (Å²) in [6.07, 6.45) is 4.84. The van der Waals surface area contributed by atoms with Gasteiger partial charge >= 0.3 is 0 Å². The number of allylic oxidation sites excluding steroid dienone is 1. The lowest BCUT2D eigenvalue weighted by Crippen LogP contribution is -2.24. The molecule has 10 heteroatoms. The van der Waals surface area contributed by atoms with Gasteiger partial charge in [-0.15, -0.1) is 17.9 Å². The molecule has 0 atom stereocenters. The summed E-state index contributed by atoms with van der Waals surface area (Å²) in [5.41, 5.74) is 2.55. The highest BCUT2D eigenvalue weighted by molar-refractivity contribution is 7.73.